The number of carbonyl (C=O) groups excluding carboxylic acids is 1. The number of ether oxygens (including phenoxy) is 1. The van der Waals surface area contributed by atoms with Gasteiger partial charge in [-0.05, 0) is 19.3 Å². The smallest absolute Gasteiger partial charge is 0.306 e. The SMILES string of the molecule is CCCC1CCCCN1S(=O)(=O)N(C)CCC(=O)OC. The van der Waals surface area contributed by atoms with E-state index in [9.17, 15) is 13.2 Å². The molecule has 0 spiro atoms. The molecule has 1 unspecified atom stereocenters. The molecule has 118 valence electrons. The highest BCUT2D eigenvalue weighted by Gasteiger charge is 2.34. The molecule has 1 saturated heterocycles. The number of rotatable bonds is 7. The van der Waals surface area contributed by atoms with Gasteiger partial charge in [0.25, 0.3) is 10.2 Å². The van der Waals surface area contributed by atoms with E-state index < -0.39 is 16.2 Å². The zero-order valence-electron chi connectivity index (χ0n) is 12.7. The first-order valence-corrected chi connectivity index (χ1v) is 8.63. The minimum absolute atomic E-state index is 0.0819. The van der Waals surface area contributed by atoms with Crippen LogP contribution in [0.1, 0.15) is 45.4 Å². The van der Waals surface area contributed by atoms with E-state index in [1.807, 2.05) is 0 Å². The molecule has 0 aliphatic carbocycles. The van der Waals surface area contributed by atoms with Crippen LogP contribution in [0.5, 0.6) is 0 Å². The van der Waals surface area contributed by atoms with Crippen molar-refractivity contribution in [2.24, 2.45) is 0 Å². The van der Waals surface area contributed by atoms with Gasteiger partial charge in [0.2, 0.25) is 0 Å². The Balaban J connectivity index is 2.71. The molecule has 1 aliphatic rings. The van der Waals surface area contributed by atoms with Gasteiger partial charge in [0, 0.05) is 26.2 Å². The van der Waals surface area contributed by atoms with Crippen molar-refractivity contribution in [3.05, 3.63) is 0 Å². The highest BCUT2D eigenvalue weighted by Crippen LogP contribution is 2.25. The van der Waals surface area contributed by atoms with E-state index in [1.165, 1.54) is 18.5 Å². The summed E-state index contributed by atoms with van der Waals surface area (Å²) < 4.78 is 32.6. The van der Waals surface area contributed by atoms with E-state index in [2.05, 4.69) is 11.7 Å². The maximum absolute atomic E-state index is 12.6. The van der Waals surface area contributed by atoms with Gasteiger partial charge in [-0.25, -0.2) is 0 Å². The summed E-state index contributed by atoms with van der Waals surface area (Å²) in [6.45, 7) is 2.81. The van der Waals surface area contributed by atoms with E-state index in [0.29, 0.717) is 6.54 Å². The minimum Gasteiger partial charge on any atom is -0.469 e. The molecule has 0 aromatic rings. The van der Waals surface area contributed by atoms with Crippen molar-refractivity contribution >= 4 is 16.2 Å². The van der Waals surface area contributed by atoms with Crippen molar-refractivity contribution in [3.63, 3.8) is 0 Å². The average molecular weight is 306 g/mol. The number of hydrogen-bond donors (Lipinski definition) is 0. The van der Waals surface area contributed by atoms with E-state index in [0.717, 1.165) is 32.1 Å². The van der Waals surface area contributed by atoms with Gasteiger partial charge in [-0.1, -0.05) is 19.8 Å². The van der Waals surface area contributed by atoms with Gasteiger partial charge in [0.05, 0.1) is 13.5 Å². The monoisotopic (exact) mass is 306 g/mol. The third kappa shape index (κ3) is 4.43. The van der Waals surface area contributed by atoms with Crippen molar-refractivity contribution in [2.75, 3.05) is 27.2 Å². The highest BCUT2D eigenvalue weighted by atomic mass is 32.2. The standard InChI is InChI=1S/C13H26N2O4S/c1-4-7-12-8-5-6-10-15(12)20(17,18)14(2)11-9-13(16)19-3/h12H,4-11H2,1-3H3. The predicted molar refractivity (Wildman–Crippen MR) is 77.4 cm³/mol. The van der Waals surface area contributed by atoms with Crippen molar-refractivity contribution in [3.8, 4) is 0 Å². The first-order chi connectivity index (χ1) is 9.43. The molecule has 7 heteroatoms. The fourth-order valence-corrected chi connectivity index (χ4v) is 4.17. The van der Waals surface area contributed by atoms with E-state index in [-0.39, 0.29) is 19.0 Å². The third-order valence-corrected chi connectivity index (χ3v) is 5.79. The summed E-state index contributed by atoms with van der Waals surface area (Å²) in [6, 6.07) is 0.0966. The Morgan fingerprint density at radius 2 is 2.10 bits per heavy atom. The van der Waals surface area contributed by atoms with E-state index in [4.69, 9.17) is 0 Å². The summed E-state index contributed by atoms with van der Waals surface area (Å²) in [5, 5.41) is 0. The van der Waals surface area contributed by atoms with Crippen LogP contribution >= 0.6 is 0 Å². The summed E-state index contributed by atoms with van der Waals surface area (Å²) >= 11 is 0. The zero-order chi connectivity index (χ0) is 15.2. The van der Waals surface area contributed by atoms with Crippen LogP contribution in [-0.4, -0.2) is 56.3 Å². The lowest BCUT2D eigenvalue weighted by Crippen LogP contribution is -2.49. The third-order valence-electron chi connectivity index (χ3n) is 3.74. The molecule has 0 aromatic heterocycles. The van der Waals surface area contributed by atoms with Crippen LogP contribution in [0.2, 0.25) is 0 Å². The molecule has 1 heterocycles. The van der Waals surface area contributed by atoms with E-state index in [1.54, 1.807) is 4.31 Å². The fourth-order valence-electron chi connectivity index (χ4n) is 2.54. The molecule has 6 nitrogen and oxygen atoms in total. The Morgan fingerprint density at radius 3 is 2.70 bits per heavy atom. The van der Waals surface area contributed by atoms with Gasteiger partial charge >= 0.3 is 5.97 Å². The quantitative estimate of drug-likeness (QED) is 0.667. The number of piperidine rings is 1. The van der Waals surface area contributed by atoms with Crippen LogP contribution in [0.25, 0.3) is 0 Å². The van der Waals surface area contributed by atoms with Crippen LogP contribution in [0.3, 0.4) is 0 Å². The molecule has 1 rings (SSSR count). The first-order valence-electron chi connectivity index (χ1n) is 7.23. The largest absolute Gasteiger partial charge is 0.469 e. The Labute approximate surface area is 122 Å². The molecule has 0 N–H and O–H groups in total. The van der Waals surface area contributed by atoms with Crippen molar-refractivity contribution in [1.82, 2.24) is 8.61 Å². The number of nitrogens with zero attached hydrogens (tertiary/aromatic N) is 2. The van der Waals surface area contributed by atoms with Crippen LogP contribution in [0.15, 0.2) is 0 Å². The number of hydrogen-bond acceptors (Lipinski definition) is 4. The topological polar surface area (TPSA) is 66.9 Å². The van der Waals surface area contributed by atoms with Crippen LogP contribution in [0.4, 0.5) is 0 Å². The van der Waals surface area contributed by atoms with Gasteiger partial charge in [0.1, 0.15) is 0 Å². The van der Waals surface area contributed by atoms with Gasteiger partial charge < -0.3 is 4.74 Å². The van der Waals surface area contributed by atoms with Crippen LogP contribution in [0, 0.1) is 0 Å². The van der Waals surface area contributed by atoms with Crippen LogP contribution < -0.4 is 0 Å². The Bertz CT molecular complexity index is 409. The maximum Gasteiger partial charge on any atom is 0.306 e. The van der Waals surface area contributed by atoms with Gasteiger partial charge in [-0.3, -0.25) is 4.79 Å². The second-order valence-corrected chi connectivity index (χ2v) is 7.19. The van der Waals surface area contributed by atoms with E-state index >= 15 is 0 Å². The maximum atomic E-state index is 12.6. The first kappa shape index (κ1) is 17.4. The summed E-state index contributed by atoms with van der Waals surface area (Å²) in [6.07, 6.45) is 4.87. The second kappa shape index (κ2) is 7.95. The van der Waals surface area contributed by atoms with Gasteiger partial charge in [-0.15, -0.1) is 0 Å². The van der Waals surface area contributed by atoms with Gasteiger partial charge in [-0.2, -0.15) is 17.0 Å². The molecule has 1 fully saturated rings. The molecular weight excluding hydrogens is 280 g/mol. The fraction of sp³-hybridized carbons (Fsp3) is 0.923. The van der Waals surface area contributed by atoms with Gasteiger partial charge in [0.15, 0.2) is 0 Å². The Morgan fingerprint density at radius 1 is 1.40 bits per heavy atom. The molecule has 20 heavy (non-hydrogen) atoms. The molecule has 0 amide bonds. The van der Waals surface area contributed by atoms with Crippen LogP contribution in [-0.2, 0) is 19.7 Å². The molecular formula is C13H26N2O4S. The number of esters is 1. The summed E-state index contributed by atoms with van der Waals surface area (Å²) in [5.74, 6) is -0.393. The second-order valence-electron chi connectivity index (χ2n) is 5.20. The number of carbonyl (C=O) groups is 1. The van der Waals surface area contributed by atoms with Crippen molar-refractivity contribution in [2.45, 2.75) is 51.5 Å². The van der Waals surface area contributed by atoms with Crippen molar-refractivity contribution < 1.29 is 17.9 Å². The predicted octanol–water partition coefficient (Wildman–Crippen LogP) is 1.38. The molecule has 0 bridgehead atoms. The number of methoxy groups -OCH3 is 1. The minimum atomic E-state index is -3.48. The normalized spacial score (nSPS) is 21.1. The Hall–Kier alpha value is -0.660. The molecule has 0 saturated carbocycles. The van der Waals surface area contributed by atoms with Crippen molar-refractivity contribution in [1.29, 1.82) is 0 Å². The average Bonchev–Trinajstić information content (AvgIpc) is 2.45. The lowest BCUT2D eigenvalue weighted by atomic mass is 10.0. The lowest BCUT2D eigenvalue weighted by Gasteiger charge is -2.37. The zero-order valence-corrected chi connectivity index (χ0v) is 13.5. The lowest BCUT2D eigenvalue weighted by molar-refractivity contribution is -0.140. The highest BCUT2D eigenvalue weighted by molar-refractivity contribution is 7.86. The molecule has 0 aromatic carbocycles. The summed E-state index contributed by atoms with van der Waals surface area (Å²) in [5.41, 5.74) is 0. The summed E-state index contributed by atoms with van der Waals surface area (Å²) in [4.78, 5) is 11.1. The molecule has 1 atom stereocenters. The summed E-state index contributed by atoms with van der Waals surface area (Å²) in [7, 11) is -0.650. The molecule has 0 radical (unpaired) electrons. The molecule has 1 aliphatic heterocycles. The Kier molecular flexibility index (Phi) is 6.91.